The number of hydrogen-bond donors (Lipinski definition) is 1. The van der Waals surface area contributed by atoms with Crippen LogP contribution in [0.5, 0.6) is 0 Å². The highest BCUT2D eigenvalue weighted by Crippen LogP contribution is 2.14. The number of fused-ring (bicyclic) bond motifs is 1. The van der Waals surface area contributed by atoms with Crippen LogP contribution < -0.4 is 16.6 Å². The van der Waals surface area contributed by atoms with E-state index in [9.17, 15) is 14.4 Å². The Balaban J connectivity index is 1.88. The predicted octanol–water partition coefficient (Wildman–Crippen LogP) is 3.56. The smallest absolute Gasteiger partial charge is 0.331 e. The Bertz CT molecular complexity index is 1160. The molecule has 0 aliphatic rings. The maximum Gasteiger partial charge on any atom is 0.331 e. The molecule has 3 aromatic rings. The third kappa shape index (κ3) is 5.19. The van der Waals surface area contributed by atoms with Crippen LogP contribution in [-0.2, 0) is 17.9 Å². The number of carbonyl (C=O) groups excluding carboxylic acids is 1. The second kappa shape index (κ2) is 9.76. The van der Waals surface area contributed by atoms with Gasteiger partial charge in [-0.15, -0.1) is 0 Å². The standard InChI is InChI=1S/C23H26ClN3O3/c1-16(2)25-21(28)12-5-6-13-26-22(29)19-10-3-4-11-20(19)27(23(26)30)15-17-8-7-9-18(24)14-17/h3-4,7-11,14,16H,5-6,12-13,15H2,1-2H3,(H,25,28). The van der Waals surface area contributed by atoms with Crippen LogP contribution in [0.15, 0.2) is 58.1 Å². The van der Waals surface area contributed by atoms with Gasteiger partial charge in [0.1, 0.15) is 0 Å². The van der Waals surface area contributed by atoms with Crippen LogP contribution in [0, 0.1) is 0 Å². The van der Waals surface area contributed by atoms with E-state index in [0.717, 1.165) is 5.56 Å². The molecular weight excluding hydrogens is 402 g/mol. The summed E-state index contributed by atoms with van der Waals surface area (Å²) in [6.07, 6.45) is 1.54. The number of hydrogen-bond acceptors (Lipinski definition) is 3. The largest absolute Gasteiger partial charge is 0.354 e. The summed E-state index contributed by atoms with van der Waals surface area (Å²) in [6.45, 7) is 4.41. The van der Waals surface area contributed by atoms with Gasteiger partial charge in [-0.05, 0) is 56.5 Å². The number of benzene rings is 2. The molecular formula is C23H26ClN3O3. The Labute approximate surface area is 180 Å². The number of rotatable bonds is 8. The molecule has 1 N–H and O–H groups in total. The summed E-state index contributed by atoms with van der Waals surface area (Å²) in [5.74, 6) is -0.0192. The second-order valence-electron chi connectivity index (χ2n) is 7.65. The van der Waals surface area contributed by atoms with Gasteiger partial charge in [0.15, 0.2) is 0 Å². The van der Waals surface area contributed by atoms with E-state index >= 15 is 0 Å². The molecule has 0 saturated carbocycles. The maximum atomic E-state index is 13.2. The summed E-state index contributed by atoms with van der Waals surface area (Å²) in [5, 5.41) is 3.94. The molecule has 158 valence electrons. The van der Waals surface area contributed by atoms with E-state index in [-0.39, 0.29) is 29.7 Å². The van der Waals surface area contributed by atoms with Crippen LogP contribution in [0.1, 0.15) is 38.7 Å². The number of carbonyl (C=O) groups is 1. The minimum Gasteiger partial charge on any atom is -0.354 e. The summed E-state index contributed by atoms with van der Waals surface area (Å²) in [4.78, 5) is 37.9. The zero-order valence-corrected chi connectivity index (χ0v) is 18.0. The molecule has 2 aromatic carbocycles. The number of nitrogens with one attached hydrogen (secondary N) is 1. The average Bonchev–Trinajstić information content (AvgIpc) is 2.70. The monoisotopic (exact) mass is 427 g/mol. The minimum atomic E-state index is -0.356. The van der Waals surface area contributed by atoms with Crippen molar-refractivity contribution in [3.05, 3.63) is 80.0 Å². The lowest BCUT2D eigenvalue weighted by Crippen LogP contribution is -2.40. The molecule has 6 nitrogen and oxygen atoms in total. The number of halogens is 1. The Hall–Kier alpha value is -2.86. The van der Waals surface area contributed by atoms with Crippen LogP contribution in [0.3, 0.4) is 0 Å². The second-order valence-corrected chi connectivity index (χ2v) is 8.09. The predicted molar refractivity (Wildman–Crippen MR) is 120 cm³/mol. The van der Waals surface area contributed by atoms with Gasteiger partial charge in [-0.1, -0.05) is 35.9 Å². The van der Waals surface area contributed by atoms with Crippen molar-refractivity contribution in [2.45, 2.75) is 52.2 Å². The van der Waals surface area contributed by atoms with Crippen LogP contribution in [0.4, 0.5) is 0 Å². The van der Waals surface area contributed by atoms with Crippen molar-refractivity contribution in [1.82, 2.24) is 14.5 Å². The van der Waals surface area contributed by atoms with Crippen molar-refractivity contribution < 1.29 is 4.79 Å². The SMILES string of the molecule is CC(C)NC(=O)CCCCn1c(=O)c2ccccc2n(Cc2cccc(Cl)c2)c1=O. The van der Waals surface area contributed by atoms with Gasteiger partial charge in [0.25, 0.3) is 5.56 Å². The molecule has 0 fully saturated rings. The number of nitrogens with zero attached hydrogens (tertiary/aromatic N) is 2. The van der Waals surface area contributed by atoms with Crippen LogP contribution >= 0.6 is 11.6 Å². The van der Waals surface area contributed by atoms with Gasteiger partial charge in [0.2, 0.25) is 5.91 Å². The van der Waals surface area contributed by atoms with Gasteiger partial charge >= 0.3 is 5.69 Å². The fourth-order valence-corrected chi connectivity index (χ4v) is 3.70. The Morgan fingerprint density at radius 1 is 1.03 bits per heavy atom. The summed E-state index contributed by atoms with van der Waals surface area (Å²) in [6, 6.07) is 14.5. The molecule has 0 aliphatic heterocycles. The number of aromatic nitrogens is 2. The van der Waals surface area contributed by atoms with Gasteiger partial charge in [-0.2, -0.15) is 0 Å². The zero-order valence-electron chi connectivity index (χ0n) is 17.2. The van der Waals surface area contributed by atoms with Crippen molar-refractivity contribution in [1.29, 1.82) is 0 Å². The number of amides is 1. The molecule has 0 radical (unpaired) electrons. The van der Waals surface area contributed by atoms with Crippen molar-refractivity contribution in [2.24, 2.45) is 0 Å². The molecule has 1 aromatic heterocycles. The summed E-state index contributed by atoms with van der Waals surface area (Å²) in [7, 11) is 0. The first kappa shape index (κ1) is 21.8. The topological polar surface area (TPSA) is 73.1 Å². The van der Waals surface area contributed by atoms with E-state index < -0.39 is 0 Å². The highest BCUT2D eigenvalue weighted by Gasteiger charge is 2.13. The summed E-state index contributed by atoms with van der Waals surface area (Å²) in [5.41, 5.74) is 0.820. The Morgan fingerprint density at radius 3 is 2.53 bits per heavy atom. The minimum absolute atomic E-state index is 0.0192. The first-order valence-corrected chi connectivity index (χ1v) is 10.5. The van der Waals surface area contributed by atoms with Crippen LogP contribution in [0.25, 0.3) is 10.9 Å². The fourth-order valence-electron chi connectivity index (χ4n) is 3.49. The molecule has 7 heteroatoms. The molecule has 1 amide bonds. The first-order valence-electron chi connectivity index (χ1n) is 10.1. The normalized spacial score (nSPS) is 11.2. The van der Waals surface area contributed by atoms with E-state index in [1.54, 1.807) is 28.8 Å². The molecule has 0 saturated heterocycles. The van der Waals surface area contributed by atoms with Gasteiger partial charge < -0.3 is 5.32 Å². The highest BCUT2D eigenvalue weighted by molar-refractivity contribution is 6.30. The van der Waals surface area contributed by atoms with Gasteiger partial charge in [0, 0.05) is 24.0 Å². The summed E-state index contributed by atoms with van der Waals surface area (Å²) < 4.78 is 2.88. The lowest BCUT2D eigenvalue weighted by molar-refractivity contribution is -0.121. The van der Waals surface area contributed by atoms with E-state index in [1.807, 2.05) is 38.1 Å². The number of unbranched alkanes of at least 4 members (excludes halogenated alkanes) is 1. The Morgan fingerprint density at radius 2 is 1.80 bits per heavy atom. The quantitative estimate of drug-likeness (QED) is 0.558. The molecule has 0 spiro atoms. The van der Waals surface area contributed by atoms with Crippen LogP contribution in [-0.4, -0.2) is 21.1 Å². The third-order valence-electron chi connectivity index (χ3n) is 4.85. The number of para-hydroxylation sites is 1. The average molecular weight is 428 g/mol. The van der Waals surface area contributed by atoms with Crippen LogP contribution in [0.2, 0.25) is 5.02 Å². The van der Waals surface area contributed by atoms with Gasteiger partial charge in [0.05, 0.1) is 17.4 Å². The molecule has 3 rings (SSSR count). The van der Waals surface area contributed by atoms with E-state index in [0.29, 0.717) is 41.7 Å². The van der Waals surface area contributed by atoms with Crippen molar-refractivity contribution in [3.63, 3.8) is 0 Å². The van der Waals surface area contributed by atoms with Crippen molar-refractivity contribution in [2.75, 3.05) is 0 Å². The van der Waals surface area contributed by atoms with Crippen molar-refractivity contribution in [3.8, 4) is 0 Å². The van der Waals surface area contributed by atoms with Crippen molar-refractivity contribution >= 4 is 28.4 Å². The lowest BCUT2D eigenvalue weighted by atomic mass is 10.2. The van der Waals surface area contributed by atoms with Gasteiger partial charge in [-0.3, -0.25) is 18.7 Å². The molecule has 0 aliphatic carbocycles. The third-order valence-corrected chi connectivity index (χ3v) is 5.08. The Kier molecular flexibility index (Phi) is 7.11. The van der Waals surface area contributed by atoms with Gasteiger partial charge in [-0.25, -0.2) is 4.79 Å². The van der Waals surface area contributed by atoms with E-state index in [2.05, 4.69) is 5.32 Å². The summed E-state index contributed by atoms with van der Waals surface area (Å²) >= 11 is 6.09. The van der Waals surface area contributed by atoms with E-state index in [1.165, 1.54) is 4.57 Å². The molecule has 1 heterocycles. The fraction of sp³-hybridized carbons (Fsp3) is 0.348. The van der Waals surface area contributed by atoms with E-state index in [4.69, 9.17) is 11.6 Å². The first-order chi connectivity index (χ1) is 14.4. The molecule has 0 atom stereocenters. The molecule has 30 heavy (non-hydrogen) atoms. The maximum absolute atomic E-state index is 13.2. The highest BCUT2D eigenvalue weighted by atomic mass is 35.5. The molecule has 0 unspecified atom stereocenters. The molecule has 0 bridgehead atoms. The zero-order chi connectivity index (χ0) is 21.7. The lowest BCUT2D eigenvalue weighted by Gasteiger charge is -2.14.